The maximum Gasteiger partial charge on any atom is 0.251 e. The van der Waals surface area contributed by atoms with Gasteiger partial charge in [0.15, 0.2) is 0 Å². The predicted molar refractivity (Wildman–Crippen MR) is 85.4 cm³/mol. The normalized spacial score (nSPS) is 20.6. The Labute approximate surface area is 127 Å². The molecule has 1 heterocycles. The molecule has 1 fully saturated rings. The summed E-state index contributed by atoms with van der Waals surface area (Å²) in [6.45, 7) is 4.08. The first-order valence-electron chi connectivity index (χ1n) is 8.37. The van der Waals surface area contributed by atoms with Crippen molar-refractivity contribution in [3.05, 3.63) is 34.9 Å². The van der Waals surface area contributed by atoms with E-state index < -0.39 is 0 Å². The van der Waals surface area contributed by atoms with E-state index in [9.17, 15) is 4.79 Å². The van der Waals surface area contributed by atoms with E-state index in [0.29, 0.717) is 5.92 Å². The Balaban J connectivity index is 1.64. The molecule has 1 aliphatic heterocycles. The number of hydrogen-bond donors (Lipinski definition) is 2. The lowest BCUT2D eigenvalue weighted by molar-refractivity contribution is 0.0919. The van der Waals surface area contributed by atoms with Gasteiger partial charge in [-0.3, -0.25) is 4.79 Å². The van der Waals surface area contributed by atoms with Crippen LogP contribution in [0.15, 0.2) is 18.2 Å². The molecule has 0 aromatic heterocycles. The first-order chi connectivity index (χ1) is 10.2. The Hall–Kier alpha value is -1.35. The van der Waals surface area contributed by atoms with Crippen LogP contribution in [0.3, 0.4) is 0 Å². The highest BCUT2D eigenvalue weighted by Gasteiger charge is 2.22. The highest BCUT2D eigenvalue weighted by atomic mass is 16.1. The molecule has 0 radical (unpaired) electrons. The molecule has 0 spiro atoms. The Morgan fingerprint density at radius 2 is 2.05 bits per heavy atom. The number of nitrogens with one attached hydrogen (secondary N) is 2. The minimum absolute atomic E-state index is 0.0847. The Bertz CT molecular complexity index is 506. The van der Waals surface area contributed by atoms with Crippen LogP contribution in [0.5, 0.6) is 0 Å². The van der Waals surface area contributed by atoms with Crippen LogP contribution in [0.4, 0.5) is 0 Å². The summed E-state index contributed by atoms with van der Waals surface area (Å²) in [6, 6.07) is 6.44. The molecule has 0 unspecified atom stereocenters. The second kappa shape index (κ2) is 6.61. The molecule has 2 aliphatic rings. The van der Waals surface area contributed by atoms with Gasteiger partial charge in [-0.25, -0.2) is 0 Å². The lowest BCUT2D eigenvalue weighted by Gasteiger charge is -2.28. The molecular weight excluding hydrogens is 260 g/mol. The average molecular weight is 286 g/mol. The van der Waals surface area contributed by atoms with Crippen molar-refractivity contribution < 1.29 is 4.79 Å². The summed E-state index contributed by atoms with van der Waals surface area (Å²) in [5.74, 6) is 0.739. The van der Waals surface area contributed by atoms with Gasteiger partial charge in [-0.2, -0.15) is 0 Å². The number of carbonyl (C=O) groups excluding carboxylic acids is 1. The van der Waals surface area contributed by atoms with Crippen molar-refractivity contribution in [3.63, 3.8) is 0 Å². The standard InChI is InChI=1S/C18H26N2O/c1-13(14-5-3-2-4-6-14)20-18(21)16-8-7-15-9-10-19-12-17(15)11-16/h7-8,11,13-14,19H,2-6,9-10,12H2,1H3,(H,20,21)/t13-/m0/s1. The molecule has 0 bridgehead atoms. The van der Waals surface area contributed by atoms with Crippen LogP contribution in [-0.2, 0) is 13.0 Å². The molecule has 1 aromatic rings. The fourth-order valence-corrected chi connectivity index (χ4v) is 3.66. The minimum Gasteiger partial charge on any atom is -0.349 e. The van der Waals surface area contributed by atoms with Crippen molar-refractivity contribution in [1.82, 2.24) is 10.6 Å². The summed E-state index contributed by atoms with van der Waals surface area (Å²) in [4.78, 5) is 12.5. The quantitative estimate of drug-likeness (QED) is 0.896. The summed E-state index contributed by atoms with van der Waals surface area (Å²) in [5.41, 5.74) is 3.46. The zero-order chi connectivity index (χ0) is 14.7. The third-order valence-corrected chi connectivity index (χ3v) is 5.07. The number of amides is 1. The fraction of sp³-hybridized carbons (Fsp3) is 0.611. The van der Waals surface area contributed by atoms with E-state index in [2.05, 4.69) is 29.7 Å². The summed E-state index contributed by atoms with van der Waals surface area (Å²) in [7, 11) is 0. The molecule has 21 heavy (non-hydrogen) atoms. The monoisotopic (exact) mass is 286 g/mol. The topological polar surface area (TPSA) is 41.1 Å². The zero-order valence-electron chi connectivity index (χ0n) is 13.0. The first kappa shape index (κ1) is 14.6. The lowest BCUT2D eigenvalue weighted by Crippen LogP contribution is -2.39. The molecule has 1 aliphatic carbocycles. The van der Waals surface area contributed by atoms with Crippen molar-refractivity contribution in [2.45, 2.75) is 58.0 Å². The van der Waals surface area contributed by atoms with Gasteiger partial charge >= 0.3 is 0 Å². The maximum atomic E-state index is 12.5. The van der Waals surface area contributed by atoms with Gasteiger partial charge in [-0.15, -0.1) is 0 Å². The Morgan fingerprint density at radius 1 is 1.24 bits per heavy atom. The van der Waals surface area contributed by atoms with E-state index in [0.717, 1.165) is 25.1 Å². The number of benzene rings is 1. The minimum atomic E-state index is 0.0847. The summed E-state index contributed by atoms with van der Waals surface area (Å²) < 4.78 is 0. The van der Waals surface area contributed by atoms with Gasteiger partial charge in [0.05, 0.1) is 0 Å². The van der Waals surface area contributed by atoms with E-state index in [4.69, 9.17) is 0 Å². The zero-order valence-corrected chi connectivity index (χ0v) is 13.0. The molecule has 3 rings (SSSR count). The second-order valence-electron chi connectivity index (χ2n) is 6.57. The molecule has 1 aromatic carbocycles. The van der Waals surface area contributed by atoms with Crippen molar-refractivity contribution in [2.75, 3.05) is 6.54 Å². The predicted octanol–water partition coefficient (Wildman–Crippen LogP) is 3.03. The molecule has 1 atom stereocenters. The van der Waals surface area contributed by atoms with Crippen LogP contribution < -0.4 is 10.6 Å². The lowest BCUT2D eigenvalue weighted by atomic mass is 9.84. The van der Waals surface area contributed by atoms with Crippen molar-refractivity contribution in [2.24, 2.45) is 5.92 Å². The summed E-state index contributed by atoms with van der Waals surface area (Å²) >= 11 is 0. The van der Waals surface area contributed by atoms with Crippen LogP contribution >= 0.6 is 0 Å². The molecule has 1 saturated carbocycles. The molecule has 114 valence electrons. The van der Waals surface area contributed by atoms with E-state index in [1.165, 1.54) is 43.2 Å². The van der Waals surface area contributed by atoms with Crippen molar-refractivity contribution in [3.8, 4) is 0 Å². The number of rotatable bonds is 3. The van der Waals surface area contributed by atoms with Crippen LogP contribution in [0, 0.1) is 5.92 Å². The van der Waals surface area contributed by atoms with Gasteiger partial charge in [-0.1, -0.05) is 25.3 Å². The molecule has 3 nitrogen and oxygen atoms in total. The van der Waals surface area contributed by atoms with Crippen molar-refractivity contribution in [1.29, 1.82) is 0 Å². The largest absolute Gasteiger partial charge is 0.349 e. The van der Waals surface area contributed by atoms with Gasteiger partial charge in [0, 0.05) is 18.2 Å². The van der Waals surface area contributed by atoms with Gasteiger partial charge in [0.25, 0.3) is 5.91 Å². The van der Waals surface area contributed by atoms with E-state index >= 15 is 0 Å². The smallest absolute Gasteiger partial charge is 0.251 e. The average Bonchev–Trinajstić information content (AvgIpc) is 2.55. The number of carbonyl (C=O) groups is 1. The van der Waals surface area contributed by atoms with Crippen LogP contribution in [0.2, 0.25) is 0 Å². The number of hydrogen-bond acceptors (Lipinski definition) is 2. The Kier molecular flexibility index (Phi) is 4.59. The van der Waals surface area contributed by atoms with E-state index in [1.54, 1.807) is 0 Å². The van der Waals surface area contributed by atoms with E-state index in [1.807, 2.05) is 6.07 Å². The van der Waals surface area contributed by atoms with Crippen LogP contribution in [-0.4, -0.2) is 18.5 Å². The molecule has 3 heteroatoms. The molecule has 1 amide bonds. The first-order valence-corrected chi connectivity index (χ1v) is 8.37. The second-order valence-corrected chi connectivity index (χ2v) is 6.57. The Morgan fingerprint density at radius 3 is 2.86 bits per heavy atom. The SMILES string of the molecule is C[C@H](NC(=O)c1ccc2c(c1)CNCC2)C1CCCCC1. The summed E-state index contributed by atoms with van der Waals surface area (Å²) in [6.07, 6.45) is 7.57. The third-order valence-electron chi connectivity index (χ3n) is 5.07. The summed E-state index contributed by atoms with van der Waals surface area (Å²) in [5, 5.41) is 6.58. The highest BCUT2D eigenvalue weighted by molar-refractivity contribution is 5.94. The van der Waals surface area contributed by atoms with E-state index in [-0.39, 0.29) is 11.9 Å². The highest BCUT2D eigenvalue weighted by Crippen LogP contribution is 2.26. The third kappa shape index (κ3) is 3.46. The number of fused-ring (bicyclic) bond motifs is 1. The van der Waals surface area contributed by atoms with Gasteiger partial charge in [0.1, 0.15) is 0 Å². The van der Waals surface area contributed by atoms with Crippen LogP contribution in [0.25, 0.3) is 0 Å². The molecule has 2 N–H and O–H groups in total. The fourth-order valence-electron chi connectivity index (χ4n) is 3.66. The van der Waals surface area contributed by atoms with Crippen LogP contribution in [0.1, 0.15) is 60.5 Å². The van der Waals surface area contributed by atoms with Gasteiger partial charge in [0.2, 0.25) is 0 Å². The van der Waals surface area contributed by atoms with Gasteiger partial charge < -0.3 is 10.6 Å². The maximum absolute atomic E-state index is 12.5. The molecule has 0 saturated heterocycles. The van der Waals surface area contributed by atoms with Crippen molar-refractivity contribution >= 4 is 5.91 Å². The molecular formula is C18H26N2O. The van der Waals surface area contributed by atoms with Gasteiger partial charge in [-0.05, 0) is 61.9 Å².